The number of pyridine rings is 1. The molecule has 7 nitrogen and oxygen atoms in total. The Kier molecular flexibility index (Phi) is 5.17. The van der Waals surface area contributed by atoms with Crippen LogP contribution in [0.4, 0.5) is 5.13 Å². The molecule has 1 fully saturated rings. The Bertz CT molecular complexity index is 1320. The van der Waals surface area contributed by atoms with E-state index < -0.39 is 0 Å². The maximum atomic E-state index is 13.3. The van der Waals surface area contributed by atoms with Crippen molar-refractivity contribution in [2.75, 3.05) is 12.4 Å². The number of anilines is 1. The molecule has 1 N–H and O–H groups in total. The quantitative estimate of drug-likeness (QED) is 0.417. The predicted octanol–water partition coefficient (Wildman–Crippen LogP) is 5.58. The summed E-state index contributed by atoms with van der Waals surface area (Å²) in [6, 6.07) is 8.05. The largest absolute Gasteiger partial charge is 0.496 e. The number of thiazole rings is 1. The second-order valence-corrected chi connectivity index (χ2v) is 9.34. The molecular formula is C24H25N5O2S. The Labute approximate surface area is 190 Å². The average molecular weight is 448 g/mol. The summed E-state index contributed by atoms with van der Waals surface area (Å²) >= 11 is 1.40. The van der Waals surface area contributed by atoms with Gasteiger partial charge in [0.05, 0.1) is 30.0 Å². The van der Waals surface area contributed by atoms with Crippen LogP contribution in [0.25, 0.3) is 22.3 Å². The summed E-state index contributed by atoms with van der Waals surface area (Å²) in [5.74, 6) is 0.992. The first-order valence-electron chi connectivity index (χ1n) is 10.7. The van der Waals surface area contributed by atoms with Crippen LogP contribution in [0.1, 0.15) is 60.3 Å². The molecule has 0 unspecified atom stereocenters. The van der Waals surface area contributed by atoms with E-state index in [2.05, 4.69) is 29.2 Å². The number of aromatic nitrogens is 4. The number of rotatable bonds is 6. The molecule has 5 rings (SSSR count). The smallest absolute Gasteiger partial charge is 0.258 e. The summed E-state index contributed by atoms with van der Waals surface area (Å²) in [5.41, 5.74) is 5.12. The highest BCUT2D eigenvalue weighted by atomic mass is 32.1. The second kappa shape index (κ2) is 8.02. The lowest BCUT2D eigenvalue weighted by molar-refractivity contribution is 0.102. The van der Waals surface area contributed by atoms with Crippen LogP contribution >= 0.6 is 11.3 Å². The van der Waals surface area contributed by atoms with Gasteiger partial charge in [0, 0.05) is 28.6 Å². The number of carbonyl (C=O) groups is 1. The van der Waals surface area contributed by atoms with E-state index in [-0.39, 0.29) is 11.9 Å². The third kappa shape index (κ3) is 3.75. The number of benzene rings is 1. The van der Waals surface area contributed by atoms with Gasteiger partial charge in [-0.1, -0.05) is 11.6 Å². The molecule has 1 aliphatic carbocycles. The molecule has 32 heavy (non-hydrogen) atoms. The lowest BCUT2D eigenvalue weighted by Crippen LogP contribution is -2.13. The van der Waals surface area contributed by atoms with Gasteiger partial charge in [-0.2, -0.15) is 5.10 Å². The maximum Gasteiger partial charge on any atom is 0.258 e. The van der Waals surface area contributed by atoms with Crippen molar-refractivity contribution >= 4 is 33.4 Å². The molecule has 3 aromatic heterocycles. The highest BCUT2D eigenvalue weighted by Gasteiger charge is 2.28. The highest BCUT2D eigenvalue weighted by molar-refractivity contribution is 7.14. The summed E-state index contributed by atoms with van der Waals surface area (Å²) in [4.78, 5) is 22.8. The third-order valence-corrected chi connectivity index (χ3v) is 6.43. The minimum Gasteiger partial charge on any atom is -0.496 e. The number of methoxy groups -OCH3 is 1. The fourth-order valence-electron chi connectivity index (χ4n) is 3.83. The maximum absolute atomic E-state index is 13.3. The van der Waals surface area contributed by atoms with Gasteiger partial charge in [0.2, 0.25) is 0 Å². The predicted molar refractivity (Wildman–Crippen MR) is 127 cm³/mol. The lowest BCUT2D eigenvalue weighted by atomic mass is 10.1. The van der Waals surface area contributed by atoms with Crippen molar-refractivity contribution < 1.29 is 9.53 Å². The van der Waals surface area contributed by atoms with E-state index in [1.165, 1.54) is 11.3 Å². The van der Waals surface area contributed by atoms with Gasteiger partial charge in [0.15, 0.2) is 10.8 Å². The van der Waals surface area contributed by atoms with Crippen LogP contribution in [-0.4, -0.2) is 32.8 Å². The molecule has 3 heterocycles. The number of amides is 1. The van der Waals surface area contributed by atoms with Gasteiger partial charge in [-0.3, -0.25) is 10.1 Å². The molecule has 164 valence electrons. The van der Waals surface area contributed by atoms with Crippen molar-refractivity contribution in [1.29, 1.82) is 0 Å². The topological polar surface area (TPSA) is 81.9 Å². The molecular weight excluding hydrogens is 422 g/mol. The molecule has 1 amide bonds. The molecule has 0 bridgehead atoms. The minimum atomic E-state index is -0.195. The molecule has 0 atom stereocenters. The number of nitrogens with zero attached hydrogens (tertiary/aromatic N) is 4. The molecule has 0 spiro atoms. The number of hydrogen-bond acceptors (Lipinski definition) is 6. The summed E-state index contributed by atoms with van der Waals surface area (Å²) in [6.45, 7) is 6.16. The van der Waals surface area contributed by atoms with Gasteiger partial charge < -0.3 is 4.74 Å². The molecule has 4 aromatic rings. The normalized spacial score (nSPS) is 13.7. The van der Waals surface area contributed by atoms with Crippen LogP contribution in [-0.2, 0) is 0 Å². The summed E-state index contributed by atoms with van der Waals surface area (Å²) in [7, 11) is 1.65. The van der Waals surface area contributed by atoms with E-state index >= 15 is 0 Å². The van der Waals surface area contributed by atoms with E-state index in [4.69, 9.17) is 9.72 Å². The standard InChI is InChI=1S/C24H25N5O2S/c1-13(2)29-22-18(11-25-29)16(10-19(26-22)15-6-7-15)23(30)28-24-27-20(12-32-24)17-9-14(3)5-8-21(17)31-4/h5,8-13,15H,6-7H2,1-4H3,(H,27,28,30). The molecule has 8 heteroatoms. The Morgan fingerprint density at radius 1 is 1.25 bits per heavy atom. The van der Waals surface area contributed by atoms with Crippen LogP contribution in [0.3, 0.4) is 0 Å². The van der Waals surface area contributed by atoms with E-state index in [0.29, 0.717) is 16.6 Å². The first-order chi connectivity index (χ1) is 15.4. The SMILES string of the molecule is COc1ccc(C)cc1-c1csc(NC(=O)c2cc(C3CC3)nc3c2cnn3C(C)C)n1. The van der Waals surface area contributed by atoms with Crippen molar-refractivity contribution in [2.45, 2.75) is 45.6 Å². The van der Waals surface area contributed by atoms with E-state index in [1.54, 1.807) is 13.3 Å². The Balaban J connectivity index is 1.48. The third-order valence-electron chi connectivity index (χ3n) is 5.67. The minimum absolute atomic E-state index is 0.163. The number of hydrogen-bond donors (Lipinski definition) is 1. The summed E-state index contributed by atoms with van der Waals surface area (Å²) in [5, 5.41) is 10.7. The molecule has 0 radical (unpaired) electrons. The van der Waals surface area contributed by atoms with Crippen molar-refractivity contribution in [3.8, 4) is 17.0 Å². The molecule has 1 aromatic carbocycles. The van der Waals surface area contributed by atoms with Crippen LogP contribution < -0.4 is 10.1 Å². The van der Waals surface area contributed by atoms with E-state index in [1.807, 2.05) is 41.3 Å². The number of aryl methyl sites for hydroxylation is 1. The lowest BCUT2D eigenvalue weighted by Gasteiger charge is -2.10. The Morgan fingerprint density at radius 3 is 2.78 bits per heavy atom. The Morgan fingerprint density at radius 2 is 2.06 bits per heavy atom. The van der Waals surface area contributed by atoms with Gasteiger partial charge in [-0.05, 0) is 51.8 Å². The van der Waals surface area contributed by atoms with E-state index in [0.717, 1.165) is 52.1 Å². The summed E-state index contributed by atoms with van der Waals surface area (Å²) < 4.78 is 7.37. The fraction of sp³-hybridized carbons (Fsp3) is 0.333. The number of ether oxygens (including phenoxy) is 1. The van der Waals surface area contributed by atoms with Crippen molar-refractivity contribution in [1.82, 2.24) is 19.7 Å². The van der Waals surface area contributed by atoms with Crippen LogP contribution in [0.2, 0.25) is 0 Å². The summed E-state index contributed by atoms with van der Waals surface area (Å²) in [6.07, 6.45) is 3.96. The van der Waals surface area contributed by atoms with Crippen molar-refractivity contribution in [3.63, 3.8) is 0 Å². The number of nitrogens with one attached hydrogen (secondary N) is 1. The van der Waals surface area contributed by atoms with Gasteiger partial charge in [-0.25, -0.2) is 14.6 Å². The average Bonchev–Trinajstić information content (AvgIpc) is 3.37. The van der Waals surface area contributed by atoms with Gasteiger partial charge >= 0.3 is 0 Å². The zero-order valence-corrected chi connectivity index (χ0v) is 19.4. The first kappa shape index (κ1) is 20.6. The molecule has 1 aliphatic rings. The fourth-order valence-corrected chi connectivity index (χ4v) is 4.54. The second-order valence-electron chi connectivity index (χ2n) is 8.48. The first-order valence-corrected chi connectivity index (χ1v) is 11.6. The molecule has 1 saturated carbocycles. The molecule has 0 aliphatic heterocycles. The van der Waals surface area contributed by atoms with Crippen LogP contribution in [0, 0.1) is 6.92 Å². The zero-order valence-electron chi connectivity index (χ0n) is 18.5. The molecule has 0 saturated heterocycles. The number of carbonyl (C=O) groups excluding carboxylic acids is 1. The van der Waals surface area contributed by atoms with E-state index in [9.17, 15) is 4.79 Å². The van der Waals surface area contributed by atoms with Crippen molar-refractivity contribution in [3.05, 3.63) is 52.7 Å². The van der Waals surface area contributed by atoms with Gasteiger partial charge in [-0.15, -0.1) is 11.3 Å². The van der Waals surface area contributed by atoms with Crippen LogP contribution in [0.5, 0.6) is 5.75 Å². The Hall–Kier alpha value is -3.26. The highest BCUT2D eigenvalue weighted by Crippen LogP contribution is 2.40. The van der Waals surface area contributed by atoms with Crippen molar-refractivity contribution in [2.24, 2.45) is 0 Å². The number of fused-ring (bicyclic) bond motifs is 1. The van der Waals surface area contributed by atoms with Gasteiger partial charge in [0.25, 0.3) is 5.91 Å². The van der Waals surface area contributed by atoms with Gasteiger partial charge in [0.1, 0.15) is 5.75 Å². The zero-order chi connectivity index (χ0) is 22.4. The monoisotopic (exact) mass is 447 g/mol. The van der Waals surface area contributed by atoms with Crippen LogP contribution in [0.15, 0.2) is 35.8 Å².